The zero-order valence-electron chi connectivity index (χ0n) is 9.52. The minimum atomic E-state index is -3.26. The lowest BCUT2D eigenvalue weighted by Gasteiger charge is -2.12. The van der Waals surface area contributed by atoms with Crippen molar-refractivity contribution in [2.75, 3.05) is 0 Å². The molecule has 0 unspecified atom stereocenters. The highest BCUT2D eigenvalue weighted by Crippen LogP contribution is 1.96. The van der Waals surface area contributed by atoms with E-state index < -0.39 is 25.1 Å². The van der Waals surface area contributed by atoms with Gasteiger partial charge < -0.3 is 10.8 Å². The first-order chi connectivity index (χ1) is 5.44. The van der Waals surface area contributed by atoms with E-state index in [0.29, 0.717) is 0 Å². The van der Waals surface area contributed by atoms with Gasteiger partial charge in [0, 0.05) is 8.22 Å². The second kappa shape index (κ2) is 1.50. The SMILES string of the molecule is [2H]C([2H])([2H])C(O)(C(=N)N)C([2H])([2H])[2H]. The summed E-state index contributed by atoms with van der Waals surface area (Å²) in [7, 11) is 0. The van der Waals surface area contributed by atoms with Gasteiger partial charge in [-0.25, -0.2) is 0 Å². The Balaban J connectivity index is 5.35. The van der Waals surface area contributed by atoms with Gasteiger partial charge in [0.1, 0.15) is 11.4 Å². The quantitative estimate of drug-likeness (QED) is 0.318. The number of amidine groups is 1. The standard InChI is InChI=1S/C4H10N2O/c1-4(2,7)3(5)6/h7H,1-2H3,(H3,5,6)/i1D3,2D3. The van der Waals surface area contributed by atoms with E-state index in [2.05, 4.69) is 0 Å². The normalized spacial score (nSPS) is 27.6. The summed E-state index contributed by atoms with van der Waals surface area (Å²) in [4.78, 5) is 0. The van der Waals surface area contributed by atoms with Crippen molar-refractivity contribution in [2.45, 2.75) is 19.3 Å². The van der Waals surface area contributed by atoms with Crippen LogP contribution < -0.4 is 5.73 Å². The van der Waals surface area contributed by atoms with Crippen molar-refractivity contribution in [3.05, 3.63) is 0 Å². The van der Waals surface area contributed by atoms with Gasteiger partial charge in [-0.3, -0.25) is 5.41 Å². The van der Waals surface area contributed by atoms with Gasteiger partial charge in [-0.15, -0.1) is 0 Å². The van der Waals surface area contributed by atoms with Crippen LogP contribution >= 0.6 is 0 Å². The molecule has 0 heterocycles. The van der Waals surface area contributed by atoms with E-state index in [1.807, 2.05) is 0 Å². The lowest BCUT2D eigenvalue weighted by Crippen LogP contribution is -2.36. The Morgan fingerprint density at radius 2 is 2.43 bits per heavy atom. The summed E-state index contributed by atoms with van der Waals surface area (Å²) in [5.41, 5.74) is 1.49. The van der Waals surface area contributed by atoms with Gasteiger partial charge in [0.15, 0.2) is 0 Å². The number of rotatable bonds is 1. The Kier molecular flexibility index (Phi) is 0.311. The van der Waals surface area contributed by atoms with Crippen molar-refractivity contribution in [1.82, 2.24) is 0 Å². The van der Waals surface area contributed by atoms with E-state index in [4.69, 9.17) is 19.4 Å². The molecule has 0 spiro atoms. The zero-order chi connectivity index (χ0) is 11.1. The highest BCUT2D eigenvalue weighted by molar-refractivity contribution is 5.84. The lowest BCUT2D eigenvalue weighted by atomic mass is 10.1. The molecule has 4 N–H and O–H groups in total. The monoisotopic (exact) mass is 108 g/mol. The molecule has 0 saturated heterocycles. The number of nitrogens with two attached hydrogens (primary N) is 1. The molecule has 0 atom stereocenters. The first-order valence-electron chi connectivity index (χ1n) is 4.51. The Morgan fingerprint density at radius 3 is 2.43 bits per heavy atom. The smallest absolute Gasteiger partial charge is 0.123 e. The molecule has 0 aromatic carbocycles. The summed E-state index contributed by atoms with van der Waals surface area (Å²) in [6.07, 6.45) is 0. The van der Waals surface area contributed by atoms with E-state index in [9.17, 15) is 5.11 Å². The molecule has 0 aliphatic carbocycles. The molecule has 0 rings (SSSR count). The molecule has 0 saturated carbocycles. The first kappa shape index (κ1) is 1.45. The molecule has 0 bridgehead atoms. The van der Waals surface area contributed by atoms with Crippen LogP contribution in [-0.2, 0) is 0 Å². The maximum absolute atomic E-state index is 9.29. The zero-order valence-corrected chi connectivity index (χ0v) is 3.52. The van der Waals surface area contributed by atoms with Gasteiger partial charge in [-0.1, -0.05) is 0 Å². The molecule has 0 aromatic rings. The Hall–Kier alpha value is -0.570. The number of hydrogen-bond donors (Lipinski definition) is 3. The van der Waals surface area contributed by atoms with E-state index in [0.717, 1.165) is 0 Å². The van der Waals surface area contributed by atoms with Gasteiger partial charge in [0.05, 0.1) is 0 Å². The second-order valence-electron chi connectivity index (χ2n) is 1.12. The fourth-order valence-electron chi connectivity index (χ4n) is 0. The van der Waals surface area contributed by atoms with Gasteiger partial charge in [-0.05, 0) is 13.7 Å². The average molecular weight is 108 g/mol. The Labute approximate surface area is 51.1 Å². The van der Waals surface area contributed by atoms with Crippen LogP contribution in [0.1, 0.15) is 21.9 Å². The van der Waals surface area contributed by atoms with Crippen LogP contribution in [0.3, 0.4) is 0 Å². The van der Waals surface area contributed by atoms with Crippen molar-refractivity contribution < 1.29 is 13.3 Å². The predicted octanol–water partition coefficient (Wildman–Crippen LogP) is -0.307. The van der Waals surface area contributed by atoms with Crippen molar-refractivity contribution in [3.8, 4) is 0 Å². The molecule has 3 nitrogen and oxygen atoms in total. The second-order valence-corrected chi connectivity index (χ2v) is 1.12. The molecule has 7 heavy (non-hydrogen) atoms. The maximum atomic E-state index is 9.29. The summed E-state index contributed by atoms with van der Waals surface area (Å²) in [5.74, 6) is -1.28. The van der Waals surface area contributed by atoms with Crippen LogP contribution in [0.15, 0.2) is 0 Å². The highest BCUT2D eigenvalue weighted by Gasteiger charge is 2.14. The van der Waals surface area contributed by atoms with Crippen LogP contribution in [0.5, 0.6) is 0 Å². The van der Waals surface area contributed by atoms with Crippen LogP contribution in [0.2, 0.25) is 0 Å². The molecular formula is C4H10N2O. The molecule has 0 radical (unpaired) electrons. The third-order valence-corrected chi connectivity index (χ3v) is 0.390. The molecule has 3 heteroatoms. The van der Waals surface area contributed by atoms with Crippen molar-refractivity contribution >= 4 is 5.84 Å². The Bertz CT molecular complexity index is 204. The predicted molar refractivity (Wildman–Crippen MR) is 28.2 cm³/mol. The van der Waals surface area contributed by atoms with Crippen molar-refractivity contribution in [2.24, 2.45) is 5.73 Å². The largest absolute Gasteiger partial charge is 0.385 e. The molecule has 0 aliphatic heterocycles. The molecule has 0 amide bonds. The van der Waals surface area contributed by atoms with Crippen LogP contribution in [0.25, 0.3) is 0 Å². The number of hydrogen-bond acceptors (Lipinski definition) is 2. The summed E-state index contributed by atoms with van der Waals surface area (Å²) in [6.45, 7) is -6.49. The average Bonchev–Trinajstić information content (AvgIpc) is 1.80. The van der Waals surface area contributed by atoms with Crippen LogP contribution in [0, 0.1) is 5.41 Å². The van der Waals surface area contributed by atoms with E-state index in [1.165, 1.54) is 0 Å². The molecule has 0 fully saturated rings. The van der Waals surface area contributed by atoms with Gasteiger partial charge in [0.25, 0.3) is 0 Å². The summed E-state index contributed by atoms with van der Waals surface area (Å²) in [5, 5.41) is 16.1. The molecule has 42 valence electrons. The van der Waals surface area contributed by atoms with Gasteiger partial charge in [-0.2, -0.15) is 0 Å². The van der Waals surface area contributed by atoms with Crippen LogP contribution in [-0.4, -0.2) is 16.5 Å². The van der Waals surface area contributed by atoms with Crippen molar-refractivity contribution in [1.29, 1.82) is 5.41 Å². The summed E-state index contributed by atoms with van der Waals surface area (Å²) in [6, 6.07) is 0. The fraction of sp³-hybridized carbons (Fsp3) is 0.750. The van der Waals surface area contributed by atoms with E-state index in [-0.39, 0.29) is 0 Å². The van der Waals surface area contributed by atoms with Crippen molar-refractivity contribution in [3.63, 3.8) is 0 Å². The molecular weight excluding hydrogens is 92.1 g/mol. The Morgan fingerprint density at radius 1 is 2.00 bits per heavy atom. The topological polar surface area (TPSA) is 70.1 Å². The third kappa shape index (κ3) is 2.17. The third-order valence-electron chi connectivity index (χ3n) is 0.390. The fourth-order valence-corrected chi connectivity index (χ4v) is 0. The summed E-state index contributed by atoms with van der Waals surface area (Å²) >= 11 is 0. The van der Waals surface area contributed by atoms with Gasteiger partial charge in [0.2, 0.25) is 0 Å². The van der Waals surface area contributed by atoms with E-state index in [1.54, 1.807) is 0 Å². The minimum Gasteiger partial charge on any atom is -0.385 e. The highest BCUT2D eigenvalue weighted by atomic mass is 16.3. The lowest BCUT2D eigenvalue weighted by molar-refractivity contribution is 0.151. The molecule has 0 aliphatic rings. The maximum Gasteiger partial charge on any atom is 0.123 e. The molecule has 0 aromatic heterocycles. The van der Waals surface area contributed by atoms with Crippen LogP contribution in [0.4, 0.5) is 0 Å². The summed E-state index contributed by atoms with van der Waals surface area (Å²) < 4.78 is 40.6. The van der Waals surface area contributed by atoms with Gasteiger partial charge >= 0.3 is 0 Å². The number of aliphatic hydroxyl groups is 1. The van der Waals surface area contributed by atoms with E-state index >= 15 is 0 Å². The number of nitrogens with one attached hydrogen (secondary N) is 1. The first-order valence-corrected chi connectivity index (χ1v) is 1.51. The minimum absolute atomic E-state index is 1.28.